The van der Waals surface area contributed by atoms with Gasteiger partial charge in [0, 0.05) is 16.3 Å². The van der Waals surface area contributed by atoms with Crippen molar-refractivity contribution in [2.75, 3.05) is 6.61 Å². The summed E-state index contributed by atoms with van der Waals surface area (Å²) in [6.45, 7) is 2.11. The molecule has 5 heteroatoms. The van der Waals surface area contributed by atoms with Crippen molar-refractivity contribution < 1.29 is 9.53 Å². The Hall–Kier alpha value is -2.14. The number of hydrogen-bond acceptors (Lipinski definition) is 3. The van der Waals surface area contributed by atoms with Crippen molar-refractivity contribution in [3.05, 3.63) is 40.7 Å². The van der Waals surface area contributed by atoms with Crippen molar-refractivity contribution in [1.29, 1.82) is 0 Å². The van der Waals surface area contributed by atoms with Gasteiger partial charge in [0.25, 0.3) is 0 Å². The molecule has 3 aromatic rings. The number of benzene rings is 1. The lowest BCUT2D eigenvalue weighted by molar-refractivity contribution is 0.0519. The number of pyridine rings is 1. The van der Waals surface area contributed by atoms with Crippen molar-refractivity contribution in [2.24, 2.45) is 0 Å². The third kappa shape index (κ3) is 1.92. The van der Waals surface area contributed by atoms with Crippen molar-refractivity contribution in [1.82, 2.24) is 9.97 Å². The van der Waals surface area contributed by atoms with Crippen LogP contribution < -0.4 is 0 Å². The predicted molar refractivity (Wildman–Crippen MR) is 76.9 cm³/mol. The average Bonchev–Trinajstić information content (AvgIpc) is 2.78. The van der Waals surface area contributed by atoms with E-state index in [0.29, 0.717) is 16.9 Å². The number of ether oxygens (including phenoxy) is 1. The highest BCUT2D eigenvalue weighted by Gasteiger charge is 2.12. The molecule has 0 unspecified atom stereocenters. The molecule has 96 valence electrons. The lowest BCUT2D eigenvalue weighted by Gasteiger charge is -2.02. The molecule has 0 saturated heterocycles. The van der Waals surface area contributed by atoms with Gasteiger partial charge in [0.05, 0.1) is 12.1 Å². The van der Waals surface area contributed by atoms with E-state index in [1.165, 1.54) is 0 Å². The second-order valence-electron chi connectivity index (χ2n) is 4.19. The monoisotopic (exact) mass is 272 g/mol. The topological polar surface area (TPSA) is 57.9 Å². The summed E-state index contributed by atoms with van der Waals surface area (Å²) in [5, 5.41) is 1.98. The van der Waals surface area contributed by atoms with E-state index in [1.54, 1.807) is 13.0 Å². The van der Waals surface area contributed by atoms with Crippen LogP contribution in [0, 0.1) is 4.64 Å². The Balaban J connectivity index is 2.32. The number of carbonyl (C=O) groups is 1. The Morgan fingerprint density at radius 1 is 1.26 bits per heavy atom. The molecule has 0 spiro atoms. The zero-order valence-electron chi connectivity index (χ0n) is 10.3. The second-order valence-corrected chi connectivity index (χ2v) is 4.60. The molecule has 0 bridgehead atoms. The van der Waals surface area contributed by atoms with Crippen LogP contribution >= 0.6 is 12.2 Å². The molecule has 4 nitrogen and oxygen atoms in total. The number of fused-ring (bicyclic) bond motifs is 3. The minimum atomic E-state index is -0.388. The number of aromatic amines is 2. The van der Waals surface area contributed by atoms with Crippen LogP contribution in [0.5, 0.6) is 0 Å². The first-order valence-corrected chi connectivity index (χ1v) is 6.42. The van der Waals surface area contributed by atoms with E-state index in [4.69, 9.17) is 17.0 Å². The van der Waals surface area contributed by atoms with E-state index in [0.717, 1.165) is 21.8 Å². The van der Waals surface area contributed by atoms with E-state index < -0.39 is 0 Å². The van der Waals surface area contributed by atoms with E-state index >= 15 is 0 Å². The van der Waals surface area contributed by atoms with Gasteiger partial charge in [-0.15, -0.1) is 0 Å². The summed E-state index contributed by atoms with van der Waals surface area (Å²) >= 11 is 5.29. The molecule has 0 aliphatic rings. The first-order chi connectivity index (χ1) is 9.20. The van der Waals surface area contributed by atoms with Crippen LogP contribution in [-0.4, -0.2) is 22.5 Å². The summed E-state index contributed by atoms with van der Waals surface area (Å²) in [5.74, 6) is -0.388. The van der Waals surface area contributed by atoms with Crippen LogP contribution in [-0.2, 0) is 4.74 Å². The van der Waals surface area contributed by atoms with Crippen LogP contribution in [0.1, 0.15) is 17.4 Å². The average molecular weight is 272 g/mol. The first-order valence-electron chi connectivity index (χ1n) is 6.01. The van der Waals surface area contributed by atoms with E-state index in [1.807, 2.05) is 24.3 Å². The van der Waals surface area contributed by atoms with Gasteiger partial charge in [0.2, 0.25) is 0 Å². The van der Waals surface area contributed by atoms with E-state index in [9.17, 15) is 4.79 Å². The molecule has 19 heavy (non-hydrogen) atoms. The molecular formula is C14H12N2O2S. The maximum atomic E-state index is 11.8. The fourth-order valence-electron chi connectivity index (χ4n) is 2.18. The lowest BCUT2D eigenvalue weighted by atomic mass is 10.1. The molecule has 2 N–H and O–H groups in total. The molecule has 0 atom stereocenters. The Labute approximate surface area is 114 Å². The van der Waals surface area contributed by atoms with Crippen LogP contribution in [0.3, 0.4) is 0 Å². The Morgan fingerprint density at radius 3 is 2.84 bits per heavy atom. The van der Waals surface area contributed by atoms with Crippen molar-refractivity contribution >= 4 is 40.0 Å². The van der Waals surface area contributed by atoms with Gasteiger partial charge in [0.15, 0.2) is 0 Å². The van der Waals surface area contributed by atoms with Gasteiger partial charge in [-0.1, -0.05) is 30.4 Å². The predicted octanol–water partition coefficient (Wildman–Crippen LogP) is 3.56. The fraction of sp³-hybridized carbons (Fsp3) is 0.143. The van der Waals surface area contributed by atoms with Gasteiger partial charge in [-0.05, 0) is 19.1 Å². The Bertz CT molecular complexity index is 832. The summed E-state index contributed by atoms with van der Waals surface area (Å²) in [5.41, 5.74) is 2.21. The number of hydrogen-bond donors (Lipinski definition) is 2. The number of nitrogens with one attached hydrogen (secondary N) is 2. The zero-order valence-corrected chi connectivity index (χ0v) is 11.1. The SMILES string of the molecule is CCOC(=O)c1cc2c([nH]c3ccccc32)c(=S)[nH]1. The largest absolute Gasteiger partial charge is 0.461 e. The molecule has 0 saturated carbocycles. The molecule has 1 aromatic carbocycles. The number of aromatic nitrogens is 2. The second kappa shape index (κ2) is 4.51. The number of H-pyrrole nitrogens is 2. The van der Waals surface area contributed by atoms with Gasteiger partial charge in [-0.2, -0.15) is 0 Å². The minimum absolute atomic E-state index is 0.339. The Morgan fingerprint density at radius 2 is 2.05 bits per heavy atom. The maximum Gasteiger partial charge on any atom is 0.354 e. The maximum absolute atomic E-state index is 11.8. The zero-order chi connectivity index (χ0) is 13.4. The fourth-order valence-corrected chi connectivity index (χ4v) is 2.45. The number of esters is 1. The van der Waals surface area contributed by atoms with Crippen LogP contribution in [0.4, 0.5) is 0 Å². The van der Waals surface area contributed by atoms with Crippen molar-refractivity contribution in [3.63, 3.8) is 0 Å². The first kappa shape index (κ1) is 11.9. The number of rotatable bonds is 2. The standard InChI is InChI=1S/C14H12N2O2S/c1-2-18-14(17)11-7-9-8-5-3-4-6-10(8)15-12(9)13(19)16-11/h3-7,15H,2H2,1H3,(H,16,19). The quantitative estimate of drug-likeness (QED) is 0.554. The molecule has 0 amide bonds. The molecule has 0 aliphatic carbocycles. The van der Waals surface area contributed by atoms with Crippen LogP contribution in [0.15, 0.2) is 30.3 Å². The molecule has 0 fully saturated rings. The molecule has 0 aliphatic heterocycles. The highest BCUT2D eigenvalue weighted by atomic mass is 32.1. The van der Waals surface area contributed by atoms with Gasteiger partial charge in [0.1, 0.15) is 10.3 Å². The molecule has 3 rings (SSSR count). The summed E-state index contributed by atoms with van der Waals surface area (Å²) in [6, 6.07) is 9.67. The summed E-state index contributed by atoms with van der Waals surface area (Å²) in [7, 11) is 0. The Kier molecular flexibility index (Phi) is 2.83. The smallest absolute Gasteiger partial charge is 0.354 e. The summed E-state index contributed by atoms with van der Waals surface area (Å²) in [4.78, 5) is 18.0. The molecule has 0 radical (unpaired) electrons. The van der Waals surface area contributed by atoms with Crippen molar-refractivity contribution in [2.45, 2.75) is 6.92 Å². The molecule has 2 aromatic heterocycles. The molecular weight excluding hydrogens is 260 g/mol. The third-order valence-corrected chi connectivity index (χ3v) is 3.31. The van der Waals surface area contributed by atoms with Gasteiger partial charge in [-0.25, -0.2) is 4.79 Å². The summed E-state index contributed by atoms with van der Waals surface area (Å²) in [6.07, 6.45) is 0. The van der Waals surface area contributed by atoms with Gasteiger partial charge >= 0.3 is 5.97 Å². The van der Waals surface area contributed by atoms with Crippen LogP contribution in [0.2, 0.25) is 0 Å². The lowest BCUT2D eigenvalue weighted by Crippen LogP contribution is -2.07. The van der Waals surface area contributed by atoms with Crippen LogP contribution in [0.25, 0.3) is 21.8 Å². The highest BCUT2D eigenvalue weighted by molar-refractivity contribution is 7.71. The van der Waals surface area contributed by atoms with Gasteiger partial charge < -0.3 is 14.7 Å². The summed E-state index contributed by atoms with van der Waals surface area (Å²) < 4.78 is 5.50. The molecule has 2 heterocycles. The normalized spacial score (nSPS) is 11.0. The minimum Gasteiger partial charge on any atom is -0.461 e. The third-order valence-electron chi connectivity index (χ3n) is 3.01. The van der Waals surface area contributed by atoms with Gasteiger partial charge in [-0.3, -0.25) is 0 Å². The van der Waals surface area contributed by atoms with Crippen molar-refractivity contribution in [3.8, 4) is 0 Å². The number of para-hydroxylation sites is 1. The van der Waals surface area contributed by atoms with E-state index in [-0.39, 0.29) is 5.97 Å². The number of carbonyl (C=O) groups excluding carboxylic acids is 1. The van der Waals surface area contributed by atoms with E-state index in [2.05, 4.69) is 9.97 Å². The highest BCUT2D eigenvalue weighted by Crippen LogP contribution is 2.26.